The van der Waals surface area contributed by atoms with Crippen LogP contribution in [0.15, 0.2) is 47.6 Å². The van der Waals surface area contributed by atoms with E-state index in [2.05, 4.69) is 15.5 Å². The van der Waals surface area contributed by atoms with Gasteiger partial charge in [0.05, 0.1) is 12.2 Å². The second-order valence-corrected chi connectivity index (χ2v) is 7.62. The lowest BCUT2D eigenvalue weighted by atomic mass is 10.1. The third kappa shape index (κ3) is 3.45. The Balaban J connectivity index is 1.51. The summed E-state index contributed by atoms with van der Waals surface area (Å²) < 4.78 is 2.03. The van der Waals surface area contributed by atoms with E-state index in [4.69, 9.17) is 0 Å². The van der Waals surface area contributed by atoms with Crippen LogP contribution in [0.2, 0.25) is 0 Å². The number of carbonyl (C=O) groups excluding carboxylic acids is 2. The summed E-state index contributed by atoms with van der Waals surface area (Å²) in [4.78, 5) is 24.1. The topological polar surface area (TPSA) is 76.9 Å². The Hall–Kier alpha value is -2.93. The standard InChI is InChI=1S/C21H20N4O2S/c1-3-25-20(16-7-5-4-6-13(16)2)23-24-21(25)28-12-18(26)14-8-9-17-15(10-14)11-19(27)22-17/h4-10H,3,11-12H2,1-2H3,(H,22,27). The molecule has 0 fully saturated rings. The minimum absolute atomic E-state index is 0.00948. The van der Waals surface area contributed by atoms with Gasteiger partial charge in [-0.25, -0.2) is 0 Å². The van der Waals surface area contributed by atoms with Crippen molar-refractivity contribution in [1.29, 1.82) is 0 Å². The Morgan fingerprint density at radius 2 is 2.04 bits per heavy atom. The number of ketones is 1. The third-order valence-corrected chi connectivity index (χ3v) is 5.77. The van der Waals surface area contributed by atoms with E-state index in [1.807, 2.05) is 42.7 Å². The predicted molar refractivity (Wildman–Crippen MR) is 110 cm³/mol. The SMILES string of the molecule is CCn1c(SCC(=O)c2ccc3c(c2)CC(=O)N3)nnc1-c1ccccc1C. The minimum Gasteiger partial charge on any atom is -0.326 e. The Morgan fingerprint density at radius 3 is 2.82 bits per heavy atom. The van der Waals surface area contributed by atoms with Gasteiger partial charge >= 0.3 is 0 Å². The highest BCUT2D eigenvalue weighted by atomic mass is 32.2. The molecule has 0 saturated carbocycles. The summed E-state index contributed by atoms with van der Waals surface area (Å²) in [5.41, 5.74) is 4.47. The van der Waals surface area contributed by atoms with Crippen LogP contribution in [-0.2, 0) is 17.8 Å². The van der Waals surface area contributed by atoms with Gasteiger partial charge in [0.2, 0.25) is 5.91 Å². The number of hydrogen-bond donors (Lipinski definition) is 1. The van der Waals surface area contributed by atoms with Gasteiger partial charge in [-0.2, -0.15) is 0 Å². The van der Waals surface area contributed by atoms with Gasteiger partial charge in [0, 0.05) is 23.4 Å². The molecule has 0 spiro atoms. The van der Waals surface area contributed by atoms with Crippen LogP contribution in [0.3, 0.4) is 0 Å². The summed E-state index contributed by atoms with van der Waals surface area (Å²) in [6, 6.07) is 13.4. The average molecular weight is 392 g/mol. The number of hydrogen-bond acceptors (Lipinski definition) is 5. The fraction of sp³-hybridized carbons (Fsp3) is 0.238. The van der Waals surface area contributed by atoms with Crippen LogP contribution in [-0.4, -0.2) is 32.2 Å². The number of aryl methyl sites for hydroxylation is 1. The fourth-order valence-corrected chi connectivity index (χ4v) is 4.22. The number of nitrogens with zero attached hydrogens (tertiary/aromatic N) is 3. The van der Waals surface area contributed by atoms with E-state index in [0.29, 0.717) is 12.0 Å². The zero-order valence-electron chi connectivity index (χ0n) is 15.7. The van der Waals surface area contributed by atoms with Crippen molar-refractivity contribution in [3.63, 3.8) is 0 Å². The Bertz CT molecular complexity index is 1070. The fourth-order valence-electron chi connectivity index (χ4n) is 3.32. The van der Waals surface area contributed by atoms with Crippen LogP contribution < -0.4 is 5.32 Å². The lowest BCUT2D eigenvalue weighted by molar-refractivity contribution is -0.115. The lowest BCUT2D eigenvalue weighted by Crippen LogP contribution is -2.06. The van der Waals surface area contributed by atoms with Crippen molar-refractivity contribution in [2.45, 2.75) is 32.0 Å². The van der Waals surface area contributed by atoms with Gasteiger partial charge in [-0.1, -0.05) is 36.0 Å². The molecule has 3 aromatic rings. The van der Waals surface area contributed by atoms with Gasteiger partial charge in [-0.15, -0.1) is 10.2 Å². The lowest BCUT2D eigenvalue weighted by Gasteiger charge is -2.09. The summed E-state index contributed by atoms with van der Waals surface area (Å²) in [6.07, 6.45) is 0.327. The number of benzene rings is 2. The maximum absolute atomic E-state index is 12.6. The van der Waals surface area contributed by atoms with Crippen LogP contribution in [0.25, 0.3) is 11.4 Å². The number of rotatable bonds is 6. The zero-order valence-corrected chi connectivity index (χ0v) is 16.5. The van der Waals surface area contributed by atoms with E-state index >= 15 is 0 Å². The first-order valence-corrected chi connectivity index (χ1v) is 10.1. The number of thioether (sulfide) groups is 1. The first kappa shape index (κ1) is 18.4. The van der Waals surface area contributed by atoms with Crippen molar-refractivity contribution in [3.05, 3.63) is 59.2 Å². The quantitative estimate of drug-likeness (QED) is 0.511. The van der Waals surface area contributed by atoms with Gasteiger partial charge in [-0.3, -0.25) is 9.59 Å². The Labute approximate surface area is 167 Å². The molecule has 2 heterocycles. The molecule has 1 aromatic heterocycles. The molecule has 0 bridgehead atoms. The van der Waals surface area contributed by atoms with Crippen molar-refractivity contribution in [2.75, 3.05) is 11.1 Å². The van der Waals surface area contributed by atoms with E-state index in [1.54, 1.807) is 18.2 Å². The minimum atomic E-state index is -0.0336. The zero-order chi connectivity index (χ0) is 19.7. The second kappa shape index (κ2) is 7.59. The van der Waals surface area contributed by atoms with Crippen LogP contribution in [0.4, 0.5) is 5.69 Å². The first-order valence-electron chi connectivity index (χ1n) is 9.14. The molecule has 1 aliphatic rings. The van der Waals surface area contributed by atoms with Crippen molar-refractivity contribution < 1.29 is 9.59 Å². The molecule has 1 aliphatic heterocycles. The summed E-state index contributed by atoms with van der Waals surface area (Å²) in [6.45, 7) is 4.81. The largest absolute Gasteiger partial charge is 0.326 e. The number of amides is 1. The molecule has 0 aliphatic carbocycles. The smallest absolute Gasteiger partial charge is 0.228 e. The molecular formula is C21H20N4O2S. The Morgan fingerprint density at radius 1 is 1.21 bits per heavy atom. The van der Waals surface area contributed by atoms with Gasteiger partial charge in [-0.05, 0) is 43.2 Å². The highest BCUT2D eigenvalue weighted by molar-refractivity contribution is 7.99. The maximum atomic E-state index is 12.6. The van der Waals surface area contributed by atoms with Crippen molar-refractivity contribution in [2.24, 2.45) is 0 Å². The molecule has 0 atom stereocenters. The van der Waals surface area contributed by atoms with Gasteiger partial charge in [0.25, 0.3) is 0 Å². The van der Waals surface area contributed by atoms with Gasteiger partial charge < -0.3 is 9.88 Å². The molecule has 142 valence electrons. The van der Waals surface area contributed by atoms with E-state index < -0.39 is 0 Å². The molecule has 28 heavy (non-hydrogen) atoms. The van der Waals surface area contributed by atoms with Crippen LogP contribution in [0.5, 0.6) is 0 Å². The highest BCUT2D eigenvalue weighted by Crippen LogP contribution is 2.28. The van der Waals surface area contributed by atoms with Crippen LogP contribution in [0, 0.1) is 6.92 Å². The molecule has 4 rings (SSSR count). The average Bonchev–Trinajstić information content (AvgIpc) is 3.27. The number of carbonyl (C=O) groups is 2. The van der Waals surface area contributed by atoms with E-state index in [9.17, 15) is 9.59 Å². The van der Waals surface area contributed by atoms with Crippen molar-refractivity contribution in [1.82, 2.24) is 14.8 Å². The highest BCUT2D eigenvalue weighted by Gasteiger charge is 2.20. The molecular weight excluding hydrogens is 372 g/mol. The predicted octanol–water partition coefficient (Wildman–Crippen LogP) is 3.74. The number of nitrogens with one attached hydrogen (secondary N) is 1. The van der Waals surface area contributed by atoms with Gasteiger partial charge in [0.15, 0.2) is 16.8 Å². The number of Topliss-reactive ketones (excluding diaryl/α,β-unsaturated/α-hetero) is 1. The van der Waals surface area contributed by atoms with Crippen molar-refractivity contribution in [3.8, 4) is 11.4 Å². The molecule has 1 amide bonds. The van der Waals surface area contributed by atoms with Crippen LogP contribution in [0.1, 0.15) is 28.4 Å². The van der Waals surface area contributed by atoms with Gasteiger partial charge in [0.1, 0.15) is 0 Å². The monoisotopic (exact) mass is 392 g/mol. The molecule has 0 radical (unpaired) electrons. The number of anilines is 1. The molecule has 0 unspecified atom stereocenters. The summed E-state index contributed by atoms with van der Waals surface area (Å²) in [5, 5.41) is 12.2. The molecule has 6 nitrogen and oxygen atoms in total. The van der Waals surface area contributed by atoms with Crippen molar-refractivity contribution >= 4 is 29.1 Å². The molecule has 7 heteroatoms. The molecule has 1 N–H and O–H groups in total. The Kier molecular flexibility index (Phi) is 5.00. The molecule has 2 aromatic carbocycles. The third-order valence-electron chi connectivity index (χ3n) is 4.80. The summed E-state index contributed by atoms with van der Waals surface area (Å²) in [7, 11) is 0. The number of fused-ring (bicyclic) bond motifs is 1. The number of aromatic nitrogens is 3. The maximum Gasteiger partial charge on any atom is 0.228 e. The van der Waals surface area contributed by atoms with E-state index in [0.717, 1.165) is 39.9 Å². The normalized spacial score (nSPS) is 12.7. The van der Waals surface area contributed by atoms with Crippen LogP contribution >= 0.6 is 11.8 Å². The molecule has 0 saturated heterocycles. The summed E-state index contributed by atoms with van der Waals surface area (Å²) >= 11 is 1.39. The second-order valence-electron chi connectivity index (χ2n) is 6.67. The van der Waals surface area contributed by atoms with E-state index in [1.165, 1.54) is 11.8 Å². The first-order chi connectivity index (χ1) is 13.6. The summed E-state index contributed by atoms with van der Waals surface area (Å²) in [5.74, 6) is 1.06. The van der Waals surface area contributed by atoms with E-state index in [-0.39, 0.29) is 17.4 Å².